The predicted octanol–water partition coefficient (Wildman–Crippen LogP) is 0.127. The molecule has 0 aromatic heterocycles. The van der Waals surface area contributed by atoms with Crippen molar-refractivity contribution in [1.82, 2.24) is 5.32 Å². The molecule has 0 saturated carbocycles. The van der Waals surface area contributed by atoms with E-state index in [-0.39, 0.29) is 6.61 Å². The Morgan fingerprint density at radius 2 is 1.95 bits per heavy atom. The van der Waals surface area contributed by atoms with Gasteiger partial charge in [0.15, 0.2) is 6.61 Å². The van der Waals surface area contributed by atoms with E-state index in [1.54, 1.807) is 12.1 Å². The van der Waals surface area contributed by atoms with E-state index in [0.717, 1.165) is 11.1 Å². The summed E-state index contributed by atoms with van der Waals surface area (Å²) in [4.78, 5) is 33.2. The highest BCUT2D eigenvalue weighted by Gasteiger charge is 2.22. The molecule has 0 aliphatic heterocycles. The Labute approximate surface area is 122 Å². The van der Waals surface area contributed by atoms with E-state index in [1.807, 2.05) is 19.9 Å². The maximum Gasteiger partial charge on any atom is 0.326 e. The fourth-order valence-corrected chi connectivity index (χ4v) is 1.59. The van der Waals surface area contributed by atoms with Crippen molar-refractivity contribution in [3.8, 4) is 5.75 Å². The van der Waals surface area contributed by atoms with Crippen molar-refractivity contribution in [3.05, 3.63) is 29.3 Å². The molecule has 1 aromatic carbocycles. The number of rotatable bonds is 7. The standard InChI is InChI=1S/C14H18N2O5/c1-8-3-4-10(5-9(8)2)21-7-13(18)16-11(14(19)20)6-12(15)17/h3-5,11H,6-7H2,1-2H3,(H2,15,17)(H,16,18)(H,19,20)/t11-/m0/s1. The van der Waals surface area contributed by atoms with E-state index in [2.05, 4.69) is 5.32 Å². The zero-order valence-corrected chi connectivity index (χ0v) is 11.9. The third-order valence-electron chi connectivity index (χ3n) is 2.89. The van der Waals surface area contributed by atoms with Gasteiger partial charge in [-0.15, -0.1) is 0 Å². The summed E-state index contributed by atoms with van der Waals surface area (Å²) >= 11 is 0. The van der Waals surface area contributed by atoms with Crippen LogP contribution in [0.15, 0.2) is 18.2 Å². The van der Waals surface area contributed by atoms with E-state index >= 15 is 0 Å². The number of carbonyl (C=O) groups is 3. The number of hydrogen-bond donors (Lipinski definition) is 3. The Morgan fingerprint density at radius 1 is 1.29 bits per heavy atom. The van der Waals surface area contributed by atoms with Crippen LogP contribution in [-0.4, -0.2) is 35.5 Å². The number of aryl methyl sites for hydroxylation is 2. The second kappa shape index (κ2) is 7.28. The first-order chi connectivity index (χ1) is 9.79. The van der Waals surface area contributed by atoms with Crippen molar-refractivity contribution in [1.29, 1.82) is 0 Å². The van der Waals surface area contributed by atoms with Gasteiger partial charge < -0.3 is 20.9 Å². The fraction of sp³-hybridized carbons (Fsp3) is 0.357. The summed E-state index contributed by atoms with van der Waals surface area (Å²) in [7, 11) is 0. The van der Waals surface area contributed by atoms with E-state index in [4.69, 9.17) is 15.6 Å². The third-order valence-corrected chi connectivity index (χ3v) is 2.89. The number of carboxylic acid groups (broad SMARTS) is 1. The maximum atomic E-state index is 11.6. The minimum absolute atomic E-state index is 0.342. The molecule has 4 N–H and O–H groups in total. The molecule has 0 saturated heterocycles. The van der Waals surface area contributed by atoms with E-state index in [1.165, 1.54) is 0 Å². The van der Waals surface area contributed by atoms with E-state index in [9.17, 15) is 14.4 Å². The number of carbonyl (C=O) groups excluding carboxylic acids is 2. The van der Waals surface area contributed by atoms with Crippen LogP contribution in [0.4, 0.5) is 0 Å². The lowest BCUT2D eigenvalue weighted by Gasteiger charge is -2.13. The van der Waals surface area contributed by atoms with Crippen LogP contribution < -0.4 is 15.8 Å². The van der Waals surface area contributed by atoms with Crippen LogP contribution in [0, 0.1) is 13.8 Å². The largest absolute Gasteiger partial charge is 0.484 e. The molecule has 1 aromatic rings. The number of carboxylic acids is 1. The molecule has 0 aliphatic rings. The second-order valence-corrected chi connectivity index (χ2v) is 4.66. The van der Waals surface area contributed by atoms with Crippen LogP contribution in [0.25, 0.3) is 0 Å². The molecule has 0 radical (unpaired) electrons. The minimum atomic E-state index is -1.35. The number of hydrogen-bond acceptors (Lipinski definition) is 4. The molecule has 21 heavy (non-hydrogen) atoms. The van der Waals surface area contributed by atoms with Gasteiger partial charge in [0.2, 0.25) is 5.91 Å². The average molecular weight is 294 g/mol. The van der Waals surface area contributed by atoms with Gasteiger partial charge in [-0.2, -0.15) is 0 Å². The highest BCUT2D eigenvalue weighted by atomic mass is 16.5. The van der Waals surface area contributed by atoms with Crippen molar-refractivity contribution in [2.24, 2.45) is 5.73 Å². The molecule has 1 rings (SSSR count). The van der Waals surface area contributed by atoms with Crippen molar-refractivity contribution in [2.75, 3.05) is 6.61 Å². The van der Waals surface area contributed by atoms with Gasteiger partial charge in [-0.3, -0.25) is 9.59 Å². The minimum Gasteiger partial charge on any atom is -0.484 e. The maximum absolute atomic E-state index is 11.6. The Balaban J connectivity index is 2.54. The molecule has 0 aliphatic carbocycles. The Bertz CT molecular complexity index is 556. The Kier molecular flexibility index (Phi) is 5.71. The summed E-state index contributed by atoms with van der Waals surface area (Å²) < 4.78 is 5.27. The quantitative estimate of drug-likeness (QED) is 0.660. The van der Waals surface area contributed by atoms with Crippen molar-refractivity contribution in [3.63, 3.8) is 0 Å². The Morgan fingerprint density at radius 3 is 2.48 bits per heavy atom. The van der Waals surface area contributed by atoms with Gasteiger partial charge in [-0.1, -0.05) is 6.07 Å². The molecule has 7 nitrogen and oxygen atoms in total. The Hall–Kier alpha value is -2.57. The zero-order valence-electron chi connectivity index (χ0n) is 11.9. The number of nitrogens with two attached hydrogens (primary N) is 1. The van der Waals surface area contributed by atoms with Crippen LogP contribution in [0.2, 0.25) is 0 Å². The highest BCUT2D eigenvalue weighted by molar-refractivity contribution is 5.88. The highest BCUT2D eigenvalue weighted by Crippen LogP contribution is 2.16. The van der Waals surface area contributed by atoms with Gasteiger partial charge in [0.25, 0.3) is 5.91 Å². The molecule has 114 valence electrons. The summed E-state index contributed by atoms with van der Waals surface area (Å²) in [5.74, 6) is -2.26. The topological polar surface area (TPSA) is 119 Å². The summed E-state index contributed by atoms with van der Waals surface area (Å²) in [5.41, 5.74) is 7.03. The summed E-state index contributed by atoms with van der Waals surface area (Å²) in [5, 5.41) is 11.0. The molecule has 0 unspecified atom stereocenters. The zero-order chi connectivity index (χ0) is 16.0. The van der Waals surface area contributed by atoms with Gasteiger partial charge in [0.05, 0.1) is 6.42 Å². The first-order valence-electron chi connectivity index (χ1n) is 6.30. The molecule has 0 fully saturated rings. The number of primary amides is 1. The lowest BCUT2D eigenvalue weighted by Crippen LogP contribution is -2.45. The number of aliphatic carboxylic acids is 1. The lowest BCUT2D eigenvalue weighted by molar-refractivity contribution is -0.143. The van der Waals surface area contributed by atoms with Gasteiger partial charge in [-0.25, -0.2) is 4.79 Å². The van der Waals surface area contributed by atoms with Crippen molar-refractivity contribution in [2.45, 2.75) is 26.3 Å². The molecule has 7 heteroatoms. The van der Waals surface area contributed by atoms with Gasteiger partial charge in [0.1, 0.15) is 11.8 Å². The normalized spacial score (nSPS) is 11.5. The molecule has 1 atom stereocenters. The van der Waals surface area contributed by atoms with Crippen LogP contribution in [0.3, 0.4) is 0 Å². The molecule has 2 amide bonds. The van der Waals surface area contributed by atoms with Crippen LogP contribution in [-0.2, 0) is 14.4 Å². The average Bonchev–Trinajstić information content (AvgIpc) is 2.38. The predicted molar refractivity (Wildman–Crippen MR) is 74.8 cm³/mol. The molecule has 0 bridgehead atoms. The van der Waals surface area contributed by atoms with Crippen molar-refractivity contribution >= 4 is 17.8 Å². The molecular formula is C14H18N2O5. The monoisotopic (exact) mass is 294 g/mol. The smallest absolute Gasteiger partial charge is 0.326 e. The number of benzene rings is 1. The number of nitrogens with one attached hydrogen (secondary N) is 1. The second-order valence-electron chi connectivity index (χ2n) is 4.66. The van der Waals surface area contributed by atoms with Gasteiger partial charge in [-0.05, 0) is 37.1 Å². The SMILES string of the molecule is Cc1ccc(OCC(=O)N[C@@H](CC(N)=O)C(=O)O)cc1C. The summed E-state index contributed by atoms with van der Waals surface area (Å²) in [6.07, 6.45) is -0.468. The third kappa shape index (κ3) is 5.52. The molecular weight excluding hydrogens is 276 g/mol. The lowest BCUT2D eigenvalue weighted by atomic mass is 10.1. The van der Waals surface area contributed by atoms with Crippen LogP contribution in [0.1, 0.15) is 17.5 Å². The van der Waals surface area contributed by atoms with E-state index < -0.39 is 30.2 Å². The fourth-order valence-electron chi connectivity index (χ4n) is 1.59. The van der Waals surface area contributed by atoms with E-state index in [0.29, 0.717) is 5.75 Å². The number of amides is 2. The number of ether oxygens (including phenoxy) is 1. The van der Waals surface area contributed by atoms with Crippen molar-refractivity contribution < 1.29 is 24.2 Å². The summed E-state index contributed by atoms with van der Waals surface area (Å²) in [6.45, 7) is 3.52. The molecule has 0 spiro atoms. The van der Waals surface area contributed by atoms with Gasteiger partial charge >= 0.3 is 5.97 Å². The summed E-state index contributed by atoms with van der Waals surface area (Å²) in [6, 6.07) is 4.00. The molecule has 0 heterocycles. The van der Waals surface area contributed by atoms with Crippen LogP contribution >= 0.6 is 0 Å². The van der Waals surface area contributed by atoms with Crippen LogP contribution in [0.5, 0.6) is 5.75 Å². The van der Waals surface area contributed by atoms with Gasteiger partial charge in [0, 0.05) is 0 Å². The first-order valence-corrected chi connectivity index (χ1v) is 6.30. The first kappa shape index (κ1) is 16.5.